The minimum absolute atomic E-state index is 0.0731. The number of benzene rings is 1. The predicted molar refractivity (Wildman–Crippen MR) is 87.2 cm³/mol. The first kappa shape index (κ1) is 21.2. The van der Waals surface area contributed by atoms with Crippen molar-refractivity contribution in [1.82, 2.24) is 0 Å². The molecule has 0 aliphatic rings. The number of anilines is 2. The molecule has 13 heteroatoms. The van der Waals surface area contributed by atoms with E-state index in [0.717, 1.165) is 4.90 Å². The first-order valence-electron chi connectivity index (χ1n) is 7.13. The van der Waals surface area contributed by atoms with Crippen LogP contribution in [0.25, 0.3) is 0 Å². The van der Waals surface area contributed by atoms with Crippen molar-refractivity contribution in [3.8, 4) is 6.19 Å². The normalized spacial score (nSPS) is 10.9. The zero-order valence-corrected chi connectivity index (χ0v) is 14.1. The summed E-state index contributed by atoms with van der Waals surface area (Å²) in [6.07, 6.45) is -3.56. The van der Waals surface area contributed by atoms with Crippen molar-refractivity contribution in [3.63, 3.8) is 0 Å². The minimum Gasteiger partial charge on any atom is -0.359 e. The first-order valence-corrected chi connectivity index (χ1v) is 7.66. The Bertz CT molecular complexity index is 745. The fraction of sp³-hybridized carbons (Fsp3) is 0.462. The Kier molecular flexibility index (Phi) is 6.96. The lowest BCUT2D eigenvalue weighted by atomic mass is 10.1. The molecule has 0 spiro atoms. The molecule has 0 saturated heterocycles. The average Bonchev–Trinajstić information content (AvgIpc) is 2.52. The van der Waals surface area contributed by atoms with Crippen molar-refractivity contribution in [1.29, 1.82) is 5.26 Å². The SMILES string of the molecule is CCCN(CCCl)c1c([N+](=O)[O-])cc(C(F)(F)F)c(NC#N)c1[N+](=O)[O-]. The summed E-state index contributed by atoms with van der Waals surface area (Å²) in [4.78, 5) is 21.7. The molecule has 9 nitrogen and oxygen atoms in total. The summed E-state index contributed by atoms with van der Waals surface area (Å²) in [5.41, 5.74) is -5.75. The predicted octanol–water partition coefficient (Wildman–Crippen LogP) is 3.87. The van der Waals surface area contributed by atoms with Gasteiger partial charge in [0.05, 0.1) is 15.4 Å². The summed E-state index contributed by atoms with van der Waals surface area (Å²) >= 11 is 5.62. The molecule has 0 fully saturated rings. The zero-order chi connectivity index (χ0) is 20.1. The van der Waals surface area contributed by atoms with Gasteiger partial charge in [-0.05, 0) is 6.42 Å². The van der Waals surface area contributed by atoms with E-state index in [0.29, 0.717) is 6.42 Å². The van der Waals surface area contributed by atoms with Crippen molar-refractivity contribution in [2.24, 2.45) is 0 Å². The molecule has 1 N–H and O–H groups in total. The number of hydrogen-bond acceptors (Lipinski definition) is 7. The number of nitriles is 1. The average molecular weight is 396 g/mol. The summed E-state index contributed by atoms with van der Waals surface area (Å²) in [5, 5.41) is 33.2. The van der Waals surface area contributed by atoms with Crippen LogP contribution < -0.4 is 10.2 Å². The third-order valence-corrected chi connectivity index (χ3v) is 3.45. The quantitative estimate of drug-likeness (QED) is 0.233. The van der Waals surface area contributed by atoms with Gasteiger partial charge in [0.15, 0.2) is 11.9 Å². The van der Waals surface area contributed by atoms with Crippen molar-refractivity contribution < 1.29 is 23.0 Å². The largest absolute Gasteiger partial charge is 0.418 e. The van der Waals surface area contributed by atoms with E-state index in [1.54, 1.807) is 12.2 Å². The van der Waals surface area contributed by atoms with Gasteiger partial charge in [-0.3, -0.25) is 25.5 Å². The zero-order valence-electron chi connectivity index (χ0n) is 13.3. The number of nitro benzene ring substituents is 2. The number of nitro groups is 2. The molecule has 26 heavy (non-hydrogen) atoms. The first-order chi connectivity index (χ1) is 12.1. The molecule has 0 aliphatic heterocycles. The maximum absolute atomic E-state index is 13.3. The van der Waals surface area contributed by atoms with Crippen molar-refractivity contribution in [2.45, 2.75) is 19.5 Å². The molecule has 1 aromatic rings. The van der Waals surface area contributed by atoms with Gasteiger partial charge in [0.1, 0.15) is 5.69 Å². The van der Waals surface area contributed by atoms with Crippen molar-refractivity contribution >= 4 is 34.4 Å². The topological polar surface area (TPSA) is 125 Å². The van der Waals surface area contributed by atoms with E-state index in [9.17, 15) is 33.4 Å². The number of nitrogens with zero attached hydrogens (tertiary/aromatic N) is 4. The van der Waals surface area contributed by atoms with Crippen LogP contribution in [-0.2, 0) is 6.18 Å². The monoisotopic (exact) mass is 395 g/mol. The number of hydrogen-bond donors (Lipinski definition) is 1. The highest BCUT2D eigenvalue weighted by Crippen LogP contribution is 2.49. The third-order valence-electron chi connectivity index (χ3n) is 3.28. The van der Waals surface area contributed by atoms with Gasteiger partial charge in [0.25, 0.3) is 5.69 Å². The minimum atomic E-state index is -5.16. The molecule has 142 valence electrons. The van der Waals surface area contributed by atoms with Crippen LogP contribution in [0.5, 0.6) is 0 Å². The van der Waals surface area contributed by atoms with Gasteiger partial charge in [-0.1, -0.05) is 6.92 Å². The number of rotatable bonds is 8. The van der Waals surface area contributed by atoms with Gasteiger partial charge in [0, 0.05) is 25.0 Å². The number of nitrogens with one attached hydrogen (secondary N) is 1. The van der Waals surface area contributed by atoms with E-state index in [-0.39, 0.29) is 25.0 Å². The summed E-state index contributed by atoms with van der Waals surface area (Å²) in [5.74, 6) is -0.0731. The Morgan fingerprint density at radius 2 is 1.92 bits per heavy atom. The van der Waals surface area contributed by atoms with Crippen LogP contribution in [0, 0.1) is 31.7 Å². The Hall–Kier alpha value is -2.81. The third kappa shape index (κ3) is 4.42. The van der Waals surface area contributed by atoms with Crippen molar-refractivity contribution in [3.05, 3.63) is 31.9 Å². The summed E-state index contributed by atoms with van der Waals surface area (Å²) in [6, 6.07) is 0.179. The Morgan fingerprint density at radius 3 is 2.31 bits per heavy atom. The van der Waals surface area contributed by atoms with Crippen LogP contribution in [0.3, 0.4) is 0 Å². The van der Waals surface area contributed by atoms with E-state index < -0.39 is 44.3 Å². The van der Waals surface area contributed by atoms with Crippen LogP contribution in [-0.4, -0.2) is 28.8 Å². The van der Waals surface area contributed by atoms with E-state index in [2.05, 4.69) is 0 Å². The molecule has 0 atom stereocenters. The summed E-state index contributed by atoms with van der Waals surface area (Å²) in [6.45, 7) is 1.68. The molecule has 0 unspecified atom stereocenters. The van der Waals surface area contributed by atoms with Gasteiger partial charge in [0.2, 0.25) is 0 Å². The molecule has 0 bridgehead atoms. The molecule has 0 heterocycles. The molecule has 0 saturated carbocycles. The highest BCUT2D eigenvalue weighted by atomic mass is 35.5. The highest BCUT2D eigenvalue weighted by Gasteiger charge is 2.43. The van der Waals surface area contributed by atoms with Crippen LogP contribution in [0.2, 0.25) is 0 Å². The molecule has 0 aliphatic carbocycles. The van der Waals surface area contributed by atoms with Crippen LogP contribution in [0.1, 0.15) is 18.9 Å². The molecule has 1 rings (SSSR count). The second-order valence-electron chi connectivity index (χ2n) is 4.94. The van der Waals surface area contributed by atoms with Crippen molar-refractivity contribution in [2.75, 3.05) is 29.2 Å². The van der Waals surface area contributed by atoms with Gasteiger partial charge in [-0.15, -0.1) is 11.6 Å². The van der Waals surface area contributed by atoms with Crippen LogP contribution in [0.4, 0.5) is 35.9 Å². The van der Waals surface area contributed by atoms with E-state index >= 15 is 0 Å². The second kappa shape index (κ2) is 8.52. The maximum Gasteiger partial charge on any atom is 0.418 e. The number of alkyl halides is 4. The maximum atomic E-state index is 13.3. The van der Waals surface area contributed by atoms with Gasteiger partial charge < -0.3 is 4.90 Å². The molecule has 1 aromatic carbocycles. The lowest BCUT2D eigenvalue weighted by Crippen LogP contribution is -2.28. The fourth-order valence-corrected chi connectivity index (χ4v) is 2.59. The molecule has 0 radical (unpaired) electrons. The smallest absolute Gasteiger partial charge is 0.359 e. The number of halogens is 4. The molecule has 0 aromatic heterocycles. The van der Waals surface area contributed by atoms with Gasteiger partial charge >= 0.3 is 11.9 Å². The van der Waals surface area contributed by atoms with E-state index in [1.807, 2.05) is 0 Å². The summed E-state index contributed by atoms with van der Waals surface area (Å²) < 4.78 is 39.8. The fourth-order valence-electron chi connectivity index (χ4n) is 2.39. The van der Waals surface area contributed by atoms with Crippen LogP contribution in [0.15, 0.2) is 6.07 Å². The van der Waals surface area contributed by atoms with Gasteiger partial charge in [-0.2, -0.15) is 18.4 Å². The molecule has 0 amide bonds. The Balaban J connectivity index is 4.02. The van der Waals surface area contributed by atoms with E-state index in [4.69, 9.17) is 16.9 Å². The molecular weight excluding hydrogens is 383 g/mol. The van der Waals surface area contributed by atoms with Crippen LogP contribution >= 0.6 is 11.6 Å². The summed E-state index contributed by atoms with van der Waals surface area (Å²) in [7, 11) is 0. The Labute approximate surface area is 150 Å². The lowest BCUT2D eigenvalue weighted by molar-refractivity contribution is -0.392. The lowest BCUT2D eigenvalue weighted by Gasteiger charge is -2.24. The van der Waals surface area contributed by atoms with E-state index in [1.165, 1.54) is 6.19 Å². The molecular formula is C13H13ClF3N5O4. The Morgan fingerprint density at radius 1 is 1.31 bits per heavy atom. The second-order valence-corrected chi connectivity index (χ2v) is 5.32. The standard InChI is InChI=1S/C13H13ClF3N5O4/c1-2-4-20(5-3-14)11-9(21(23)24)6-8(13(15,16)17)10(19-7-18)12(11)22(25)26/h6,19H,2-5H2,1H3. The highest BCUT2D eigenvalue weighted by molar-refractivity contribution is 6.18. The van der Waals surface area contributed by atoms with Gasteiger partial charge in [-0.25, -0.2) is 0 Å².